The van der Waals surface area contributed by atoms with Crippen LogP contribution in [0.15, 0.2) is 279 Å². The van der Waals surface area contributed by atoms with Crippen LogP contribution in [0.5, 0.6) is 0 Å². The van der Waals surface area contributed by atoms with Crippen molar-refractivity contribution in [3.8, 4) is 33.4 Å². The monoisotopic (exact) mass is 881 g/mol. The van der Waals surface area contributed by atoms with Gasteiger partial charge in [0, 0.05) is 11.9 Å². The number of rotatable bonds is 10. The average Bonchev–Trinajstić information content (AvgIpc) is 3.72. The zero-order chi connectivity index (χ0) is 46.0. The van der Waals surface area contributed by atoms with Crippen LogP contribution < -0.4 is 5.32 Å². The first-order chi connectivity index (χ1) is 34.2. The van der Waals surface area contributed by atoms with Crippen molar-refractivity contribution in [3.05, 3.63) is 329 Å². The minimum absolute atomic E-state index is 0.443. The third-order valence-corrected chi connectivity index (χ3v) is 14.6. The molecule has 12 rings (SSSR count). The minimum atomic E-state index is -0.517. The number of benzene rings is 9. The minimum Gasteiger partial charge on any atom is -0.362 e. The van der Waals surface area contributed by atoms with Crippen LogP contribution in [0.1, 0.15) is 62.9 Å². The van der Waals surface area contributed by atoms with Gasteiger partial charge >= 0.3 is 0 Å². The van der Waals surface area contributed by atoms with Gasteiger partial charge in [0.1, 0.15) is 0 Å². The Labute approximate surface area is 406 Å². The Morgan fingerprint density at radius 2 is 0.986 bits per heavy atom. The van der Waals surface area contributed by atoms with Crippen LogP contribution in [0.2, 0.25) is 0 Å². The first kappa shape index (κ1) is 41.9. The standard InChI is InChI=1S/C68H51N/c1-5-20-49(21-6-1)35-36-51(53-39-37-52(38-40-53)50-22-7-2-8-23-50)24-19-47-69-58-44-41-54(42-45-58)55-43-46-60-59-29-13-14-30-61(59)68(66(60)48-55)64-33-17-15-31-62(64)67(56-25-9-3-10-26-56,57-27-11-4-12-28-57)63-32-16-18-34-65(63)68/h1-11,13-27,29-48,69H,12,28H2/b36-35-,47-19+,51-24+. The highest BCUT2D eigenvalue weighted by atomic mass is 14.8. The molecular formula is C68H51N. The zero-order valence-electron chi connectivity index (χ0n) is 38.5. The molecule has 0 aliphatic heterocycles. The normalized spacial score (nSPS) is 17.9. The Bertz CT molecular complexity index is 3430. The molecule has 0 bridgehead atoms. The van der Waals surface area contributed by atoms with E-state index in [9.17, 15) is 0 Å². The van der Waals surface area contributed by atoms with Crippen molar-refractivity contribution in [2.75, 3.05) is 5.32 Å². The summed E-state index contributed by atoms with van der Waals surface area (Å²) in [5, 5.41) is 3.55. The van der Waals surface area contributed by atoms with Crippen LogP contribution in [-0.2, 0) is 10.8 Å². The summed E-state index contributed by atoms with van der Waals surface area (Å²) in [5.41, 5.74) is 21.8. The van der Waals surface area contributed by atoms with Crippen LogP contribution in [0.3, 0.4) is 0 Å². The van der Waals surface area contributed by atoms with E-state index in [1.807, 2.05) is 6.20 Å². The smallest absolute Gasteiger partial charge is 0.0720 e. The fourth-order valence-corrected chi connectivity index (χ4v) is 11.6. The first-order valence-corrected chi connectivity index (χ1v) is 24.2. The summed E-state index contributed by atoms with van der Waals surface area (Å²) in [7, 11) is 0. The van der Waals surface area contributed by atoms with Gasteiger partial charge in [-0.1, -0.05) is 254 Å². The highest BCUT2D eigenvalue weighted by Crippen LogP contribution is 2.65. The van der Waals surface area contributed by atoms with Gasteiger partial charge in [-0.05, 0) is 126 Å². The Morgan fingerprint density at radius 3 is 1.65 bits per heavy atom. The molecule has 9 aromatic rings. The molecule has 1 N–H and O–H groups in total. The molecule has 3 aliphatic rings. The van der Waals surface area contributed by atoms with Gasteiger partial charge in [0.2, 0.25) is 0 Å². The summed E-state index contributed by atoms with van der Waals surface area (Å²) in [6.07, 6.45) is 19.7. The van der Waals surface area contributed by atoms with Gasteiger partial charge in [0.05, 0.1) is 10.8 Å². The van der Waals surface area contributed by atoms with Gasteiger partial charge < -0.3 is 5.32 Å². The van der Waals surface area contributed by atoms with Gasteiger partial charge in [0.25, 0.3) is 0 Å². The number of fused-ring (bicyclic) bond motifs is 9. The Kier molecular flexibility index (Phi) is 10.9. The highest BCUT2D eigenvalue weighted by Gasteiger charge is 2.57. The van der Waals surface area contributed by atoms with E-state index in [1.54, 1.807) is 0 Å². The molecule has 0 fully saturated rings. The maximum atomic E-state index is 3.55. The topological polar surface area (TPSA) is 12.0 Å². The van der Waals surface area contributed by atoms with E-state index in [0.717, 1.165) is 29.7 Å². The molecule has 0 radical (unpaired) electrons. The molecule has 1 nitrogen and oxygen atoms in total. The summed E-state index contributed by atoms with van der Waals surface area (Å²) in [5.74, 6) is 0. The van der Waals surface area contributed by atoms with Crippen LogP contribution in [0.4, 0.5) is 5.69 Å². The van der Waals surface area contributed by atoms with E-state index in [-0.39, 0.29) is 0 Å². The van der Waals surface area contributed by atoms with Crippen LogP contribution >= 0.6 is 0 Å². The van der Waals surface area contributed by atoms with Crippen molar-refractivity contribution >= 4 is 17.3 Å². The van der Waals surface area contributed by atoms with Gasteiger partial charge in [-0.15, -0.1) is 0 Å². The molecule has 328 valence electrons. The zero-order valence-corrected chi connectivity index (χ0v) is 38.5. The molecule has 1 spiro atoms. The largest absolute Gasteiger partial charge is 0.362 e. The number of nitrogens with one attached hydrogen (secondary N) is 1. The molecule has 0 amide bonds. The van der Waals surface area contributed by atoms with Gasteiger partial charge in [-0.2, -0.15) is 0 Å². The van der Waals surface area contributed by atoms with E-state index < -0.39 is 10.8 Å². The number of hydrogen-bond donors (Lipinski definition) is 1. The van der Waals surface area contributed by atoms with Crippen molar-refractivity contribution in [2.45, 2.75) is 23.7 Å². The molecule has 0 aromatic heterocycles. The van der Waals surface area contributed by atoms with Crippen molar-refractivity contribution in [2.24, 2.45) is 0 Å². The summed E-state index contributed by atoms with van der Waals surface area (Å²) in [4.78, 5) is 0. The van der Waals surface area contributed by atoms with Gasteiger partial charge in [-0.3, -0.25) is 0 Å². The molecule has 0 saturated heterocycles. The Hall–Kier alpha value is -8.52. The Morgan fingerprint density at radius 1 is 0.449 bits per heavy atom. The SMILES string of the molecule is C1=CCCC(C2(c3ccccc3)c3ccccc3C3(c4ccccc4-c4ccc(-c5ccc(N/C=C/C=C(\C=C/c6ccccc6)c6ccc(-c7ccccc7)cc6)cc5)cc43)c3ccccc32)=C1. The molecule has 0 atom stereocenters. The average molecular weight is 882 g/mol. The fraction of sp³-hybridized carbons (Fsp3) is 0.0588. The van der Waals surface area contributed by atoms with E-state index >= 15 is 0 Å². The molecule has 1 heteroatoms. The summed E-state index contributed by atoms with van der Waals surface area (Å²) in [6.45, 7) is 0. The molecule has 3 aliphatic carbocycles. The van der Waals surface area contributed by atoms with E-state index in [0.29, 0.717) is 0 Å². The lowest BCUT2D eigenvalue weighted by Crippen LogP contribution is -2.45. The van der Waals surface area contributed by atoms with Crippen molar-refractivity contribution in [3.63, 3.8) is 0 Å². The quantitative estimate of drug-likeness (QED) is 0.135. The van der Waals surface area contributed by atoms with Crippen molar-refractivity contribution in [1.82, 2.24) is 0 Å². The molecule has 0 saturated carbocycles. The van der Waals surface area contributed by atoms with Crippen LogP contribution in [-0.4, -0.2) is 0 Å². The first-order valence-electron chi connectivity index (χ1n) is 24.2. The number of allylic oxidation sites excluding steroid dienone is 8. The maximum absolute atomic E-state index is 3.55. The van der Waals surface area contributed by atoms with E-state index in [1.165, 1.54) is 83.5 Å². The third-order valence-electron chi connectivity index (χ3n) is 14.6. The predicted molar refractivity (Wildman–Crippen MR) is 290 cm³/mol. The van der Waals surface area contributed by atoms with Crippen molar-refractivity contribution in [1.29, 1.82) is 0 Å². The number of anilines is 1. The second-order valence-corrected chi connectivity index (χ2v) is 18.3. The van der Waals surface area contributed by atoms with Gasteiger partial charge in [0.15, 0.2) is 0 Å². The lowest BCUT2D eigenvalue weighted by molar-refractivity contribution is 0.595. The third kappa shape index (κ3) is 7.18. The molecule has 0 heterocycles. The summed E-state index contributed by atoms with van der Waals surface area (Å²) in [6, 6.07) is 85.0. The van der Waals surface area contributed by atoms with Crippen LogP contribution in [0.25, 0.3) is 45.0 Å². The second kappa shape index (κ2) is 17.9. The molecular weight excluding hydrogens is 831 g/mol. The molecule has 69 heavy (non-hydrogen) atoms. The van der Waals surface area contributed by atoms with E-state index in [2.05, 4.69) is 278 Å². The number of hydrogen-bond acceptors (Lipinski definition) is 1. The van der Waals surface area contributed by atoms with E-state index in [4.69, 9.17) is 0 Å². The summed E-state index contributed by atoms with van der Waals surface area (Å²) < 4.78 is 0. The van der Waals surface area contributed by atoms with Gasteiger partial charge in [-0.25, -0.2) is 0 Å². The fourth-order valence-electron chi connectivity index (χ4n) is 11.6. The summed E-state index contributed by atoms with van der Waals surface area (Å²) >= 11 is 0. The predicted octanol–water partition coefficient (Wildman–Crippen LogP) is 17.0. The lowest BCUT2D eigenvalue weighted by atomic mass is 9.50. The lowest BCUT2D eigenvalue weighted by Gasteiger charge is -2.51. The molecule has 9 aromatic carbocycles. The van der Waals surface area contributed by atoms with Crippen LogP contribution in [0, 0.1) is 0 Å². The van der Waals surface area contributed by atoms with Crippen molar-refractivity contribution < 1.29 is 0 Å². The Balaban J connectivity index is 0.900. The highest BCUT2D eigenvalue weighted by molar-refractivity contribution is 5.91. The second-order valence-electron chi connectivity index (χ2n) is 18.3. The molecule has 0 unspecified atom stereocenters. The maximum Gasteiger partial charge on any atom is 0.0720 e.